The van der Waals surface area contributed by atoms with Gasteiger partial charge in [-0.3, -0.25) is 15.1 Å². The number of nitrogens with zero attached hydrogens (tertiary/aromatic N) is 4. The fourth-order valence-electron chi connectivity index (χ4n) is 2.29. The fourth-order valence-corrected chi connectivity index (χ4v) is 2.29. The highest BCUT2D eigenvalue weighted by molar-refractivity contribution is 5.99. The van der Waals surface area contributed by atoms with E-state index in [-0.39, 0.29) is 11.7 Å². The van der Waals surface area contributed by atoms with Crippen LogP contribution in [0.25, 0.3) is 10.8 Å². The van der Waals surface area contributed by atoms with Crippen LogP contribution in [0, 0.1) is 28.4 Å². The second-order valence-electron chi connectivity index (χ2n) is 5.05. The first-order valence-electron chi connectivity index (χ1n) is 6.59. The third-order valence-corrected chi connectivity index (χ3v) is 3.62. The van der Waals surface area contributed by atoms with Crippen molar-refractivity contribution in [1.82, 2.24) is 4.98 Å². The van der Waals surface area contributed by atoms with E-state index in [0.29, 0.717) is 11.8 Å². The third-order valence-electron chi connectivity index (χ3n) is 3.62. The number of aromatic nitrogens is 1. The summed E-state index contributed by atoms with van der Waals surface area (Å²) in [6.45, 7) is 3.80. The number of nitro groups is 1. The molecule has 0 fully saturated rings. The van der Waals surface area contributed by atoms with Crippen LogP contribution in [0.15, 0.2) is 24.4 Å². The molecule has 1 aromatic heterocycles. The van der Waals surface area contributed by atoms with Crippen LogP contribution in [0.3, 0.4) is 0 Å². The molecule has 0 aliphatic rings. The van der Waals surface area contributed by atoms with E-state index in [4.69, 9.17) is 5.26 Å². The molecule has 6 heteroatoms. The van der Waals surface area contributed by atoms with Crippen molar-refractivity contribution in [3.8, 4) is 6.07 Å². The van der Waals surface area contributed by atoms with Gasteiger partial charge in [-0.25, -0.2) is 0 Å². The minimum atomic E-state index is -0.401. The summed E-state index contributed by atoms with van der Waals surface area (Å²) in [6.07, 6.45) is 1.92. The first kappa shape index (κ1) is 14.7. The van der Waals surface area contributed by atoms with E-state index in [0.717, 1.165) is 16.8 Å². The molecule has 0 spiro atoms. The van der Waals surface area contributed by atoms with Gasteiger partial charge in [-0.05, 0) is 26.0 Å². The molecule has 1 aromatic carbocycles. The van der Waals surface area contributed by atoms with Crippen LogP contribution >= 0.6 is 0 Å². The topological polar surface area (TPSA) is 83.1 Å². The van der Waals surface area contributed by atoms with Gasteiger partial charge in [0.2, 0.25) is 0 Å². The van der Waals surface area contributed by atoms with Gasteiger partial charge in [-0.15, -0.1) is 0 Å². The van der Waals surface area contributed by atoms with Gasteiger partial charge in [-0.2, -0.15) is 5.26 Å². The lowest BCUT2D eigenvalue weighted by atomic mass is 10.1. The lowest BCUT2D eigenvalue weighted by molar-refractivity contribution is -0.383. The minimum Gasteiger partial charge on any atom is -0.370 e. The summed E-state index contributed by atoms with van der Waals surface area (Å²) in [6, 6.07) is 7.23. The van der Waals surface area contributed by atoms with Crippen LogP contribution in [0.5, 0.6) is 0 Å². The summed E-state index contributed by atoms with van der Waals surface area (Å²) in [5.41, 5.74) is 1.71. The molecule has 21 heavy (non-hydrogen) atoms. The molecule has 2 aromatic rings. The van der Waals surface area contributed by atoms with E-state index in [1.54, 1.807) is 6.07 Å². The van der Waals surface area contributed by atoms with Crippen LogP contribution in [0.2, 0.25) is 0 Å². The van der Waals surface area contributed by atoms with E-state index in [1.165, 1.54) is 12.3 Å². The number of benzene rings is 1. The normalized spacial score (nSPS) is 11.9. The van der Waals surface area contributed by atoms with Crippen molar-refractivity contribution in [1.29, 1.82) is 5.26 Å². The average molecular weight is 284 g/mol. The van der Waals surface area contributed by atoms with Crippen molar-refractivity contribution < 1.29 is 4.92 Å². The van der Waals surface area contributed by atoms with Crippen LogP contribution in [-0.2, 0) is 0 Å². The largest absolute Gasteiger partial charge is 0.370 e. The van der Waals surface area contributed by atoms with Gasteiger partial charge in [0, 0.05) is 42.1 Å². The van der Waals surface area contributed by atoms with Crippen molar-refractivity contribution in [2.45, 2.75) is 26.3 Å². The molecule has 6 nitrogen and oxygen atoms in total. The zero-order valence-electron chi connectivity index (χ0n) is 12.2. The predicted octanol–water partition coefficient (Wildman–Crippen LogP) is 3.19. The molecule has 0 radical (unpaired) electrons. The van der Waals surface area contributed by atoms with E-state index in [9.17, 15) is 10.1 Å². The second-order valence-corrected chi connectivity index (χ2v) is 5.05. The maximum Gasteiger partial charge on any atom is 0.278 e. The Hall–Kier alpha value is -2.68. The molecule has 2 rings (SSSR count). The molecule has 0 amide bonds. The molecule has 0 saturated carbocycles. The van der Waals surface area contributed by atoms with Gasteiger partial charge < -0.3 is 4.90 Å². The zero-order valence-corrected chi connectivity index (χ0v) is 12.2. The number of hydrogen-bond donors (Lipinski definition) is 0. The van der Waals surface area contributed by atoms with E-state index in [1.807, 2.05) is 31.9 Å². The summed E-state index contributed by atoms with van der Waals surface area (Å²) in [5.74, 6) is 0. The molecular formula is C15H16N4O2. The second kappa shape index (κ2) is 5.75. The molecule has 1 atom stereocenters. The Bertz CT molecular complexity index is 736. The van der Waals surface area contributed by atoms with Crippen molar-refractivity contribution in [3.63, 3.8) is 0 Å². The Kier molecular flexibility index (Phi) is 4.03. The van der Waals surface area contributed by atoms with E-state index in [2.05, 4.69) is 11.1 Å². The van der Waals surface area contributed by atoms with Gasteiger partial charge in [0.15, 0.2) is 0 Å². The van der Waals surface area contributed by atoms with Gasteiger partial charge >= 0.3 is 0 Å². The standard InChI is InChI=1S/C15H16N4O2/c1-10-8-12-13(9-17-10)15(19(20)21)5-4-14(12)18(3)11(2)6-7-16/h4-5,8-9,11H,6H2,1-3H3. The lowest BCUT2D eigenvalue weighted by Gasteiger charge is -2.26. The van der Waals surface area contributed by atoms with E-state index < -0.39 is 4.92 Å². The van der Waals surface area contributed by atoms with Crippen LogP contribution in [0.4, 0.5) is 11.4 Å². The van der Waals surface area contributed by atoms with Gasteiger partial charge in [-0.1, -0.05) is 0 Å². The fraction of sp³-hybridized carbons (Fsp3) is 0.333. The number of nitriles is 1. The molecule has 1 unspecified atom stereocenters. The molecule has 1 heterocycles. The van der Waals surface area contributed by atoms with Crippen molar-refractivity contribution in [3.05, 3.63) is 40.2 Å². The first-order chi connectivity index (χ1) is 9.95. The molecule has 108 valence electrons. The molecule has 0 saturated heterocycles. The van der Waals surface area contributed by atoms with Crippen molar-refractivity contribution >= 4 is 22.1 Å². The quantitative estimate of drug-likeness (QED) is 0.636. The maximum absolute atomic E-state index is 11.1. The first-order valence-corrected chi connectivity index (χ1v) is 6.59. The molecule has 0 aliphatic heterocycles. The van der Waals surface area contributed by atoms with Gasteiger partial charge in [0.25, 0.3) is 5.69 Å². The number of anilines is 1. The van der Waals surface area contributed by atoms with Crippen LogP contribution < -0.4 is 4.90 Å². The lowest BCUT2D eigenvalue weighted by Crippen LogP contribution is -2.28. The minimum absolute atomic E-state index is 0.0214. The summed E-state index contributed by atoms with van der Waals surface area (Å²) < 4.78 is 0. The van der Waals surface area contributed by atoms with Crippen molar-refractivity contribution in [2.24, 2.45) is 0 Å². The summed E-state index contributed by atoms with van der Waals surface area (Å²) in [5, 5.41) is 21.3. The molecule has 0 aliphatic carbocycles. The summed E-state index contributed by atoms with van der Waals surface area (Å²) >= 11 is 0. The van der Waals surface area contributed by atoms with Gasteiger partial charge in [0.05, 0.1) is 22.8 Å². The van der Waals surface area contributed by atoms with Crippen LogP contribution in [-0.4, -0.2) is 23.0 Å². The number of rotatable bonds is 4. The van der Waals surface area contributed by atoms with Crippen LogP contribution in [0.1, 0.15) is 19.0 Å². The molecule has 0 N–H and O–H groups in total. The summed E-state index contributed by atoms with van der Waals surface area (Å²) in [7, 11) is 1.89. The number of fused-ring (bicyclic) bond motifs is 1. The van der Waals surface area contributed by atoms with Crippen molar-refractivity contribution in [2.75, 3.05) is 11.9 Å². The number of nitro benzene ring substituents is 1. The highest BCUT2D eigenvalue weighted by Gasteiger charge is 2.19. The van der Waals surface area contributed by atoms with E-state index >= 15 is 0 Å². The Balaban J connectivity index is 2.66. The highest BCUT2D eigenvalue weighted by atomic mass is 16.6. The maximum atomic E-state index is 11.1. The Morgan fingerprint density at radius 3 is 2.81 bits per heavy atom. The number of non-ortho nitro benzene ring substituents is 1. The number of aryl methyl sites for hydroxylation is 1. The Morgan fingerprint density at radius 1 is 1.48 bits per heavy atom. The zero-order chi connectivity index (χ0) is 15.6. The molecular weight excluding hydrogens is 268 g/mol. The third kappa shape index (κ3) is 2.77. The molecule has 0 bridgehead atoms. The monoisotopic (exact) mass is 284 g/mol. The SMILES string of the molecule is Cc1cc2c(N(C)C(C)CC#N)ccc([N+](=O)[O-])c2cn1. The number of pyridine rings is 1. The van der Waals surface area contributed by atoms with Gasteiger partial charge in [0.1, 0.15) is 0 Å². The Labute approximate surface area is 122 Å². The number of hydrogen-bond acceptors (Lipinski definition) is 5. The average Bonchev–Trinajstić information content (AvgIpc) is 2.45. The highest BCUT2D eigenvalue weighted by Crippen LogP contribution is 2.34. The predicted molar refractivity (Wildman–Crippen MR) is 81.2 cm³/mol. The summed E-state index contributed by atoms with van der Waals surface area (Å²) in [4.78, 5) is 16.9. The Morgan fingerprint density at radius 2 is 2.19 bits per heavy atom. The smallest absolute Gasteiger partial charge is 0.278 e.